The van der Waals surface area contributed by atoms with Gasteiger partial charge in [0.2, 0.25) is 0 Å². The molecular formula is C16H15BrCl2O. The van der Waals surface area contributed by atoms with Crippen molar-refractivity contribution in [2.24, 2.45) is 0 Å². The smallest absolute Gasteiger partial charge is 0.130 e. The minimum absolute atomic E-state index is 0.384. The molecule has 0 aliphatic rings. The third-order valence-electron chi connectivity index (χ3n) is 3.23. The summed E-state index contributed by atoms with van der Waals surface area (Å²) in [6.45, 7) is 4.30. The molecule has 0 aliphatic heterocycles. The lowest BCUT2D eigenvalue weighted by molar-refractivity contribution is 0.470. The van der Waals surface area contributed by atoms with Crippen LogP contribution in [-0.4, -0.2) is 0 Å². The van der Waals surface area contributed by atoms with Crippen LogP contribution in [-0.2, 0) is 0 Å². The van der Waals surface area contributed by atoms with Crippen LogP contribution in [0, 0.1) is 0 Å². The van der Waals surface area contributed by atoms with Gasteiger partial charge in [0, 0.05) is 15.6 Å². The van der Waals surface area contributed by atoms with Gasteiger partial charge in [0.15, 0.2) is 0 Å². The van der Waals surface area contributed by atoms with E-state index in [-0.39, 0.29) is 0 Å². The Hall–Kier alpha value is -0.700. The Balaban J connectivity index is 2.35. The first-order valence-electron chi connectivity index (χ1n) is 6.43. The standard InChI is InChI=1S/C16H15BrCl2O/c1-3-10(2)13-8-11(18)4-7-16(13)20-12-5-6-14(17)15(19)9-12/h4-10H,3H2,1-2H3. The van der Waals surface area contributed by atoms with Crippen LogP contribution in [0.15, 0.2) is 40.9 Å². The maximum absolute atomic E-state index is 6.09. The molecular weight excluding hydrogens is 359 g/mol. The first-order chi connectivity index (χ1) is 9.51. The molecule has 0 heterocycles. The van der Waals surface area contributed by atoms with Crippen molar-refractivity contribution in [3.05, 3.63) is 56.5 Å². The highest BCUT2D eigenvalue weighted by Gasteiger charge is 2.12. The summed E-state index contributed by atoms with van der Waals surface area (Å²) in [6, 6.07) is 11.2. The zero-order valence-corrected chi connectivity index (χ0v) is 14.4. The molecule has 2 aromatic rings. The molecule has 4 heteroatoms. The summed E-state index contributed by atoms with van der Waals surface area (Å²) in [6.07, 6.45) is 1.03. The highest BCUT2D eigenvalue weighted by molar-refractivity contribution is 9.10. The third-order valence-corrected chi connectivity index (χ3v) is 4.70. The van der Waals surface area contributed by atoms with Crippen molar-refractivity contribution in [1.82, 2.24) is 0 Å². The van der Waals surface area contributed by atoms with Crippen LogP contribution in [0.4, 0.5) is 0 Å². The topological polar surface area (TPSA) is 9.23 Å². The van der Waals surface area contributed by atoms with E-state index in [0.29, 0.717) is 16.7 Å². The number of hydrogen-bond donors (Lipinski definition) is 0. The second-order valence-electron chi connectivity index (χ2n) is 4.67. The Morgan fingerprint density at radius 2 is 1.90 bits per heavy atom. The van der Waals surface area contributed by atoms with Gasteiger partial charge in [-0.1, -0.05) is 37.0 Å². The highest BCUT2D eigenvalue weighted by Crippen LogP contribution is 2.36. The molecule has 0 radical (unpaired) electrons. The predicted molar refractivity (Wildman–Crippen MR) is 89.4 cm³/mol. The van der Waals surface area contributed by atoms with Crippen molar-refractivity contribution in [3.8, 4) is 11.5 Å². The van der Waals surface area contributed by atoms with Gasteiger partial charge in [-0.05, 0) is 64.2 Å². The zero-order chi connectivity index (χ0) is 14.7. The summed E-state index contributed by atoms with van der Waals surface area (Å²) in [5, 5.41) is 1.35. The Morgan fingerprint density at radius 1 is 1.15 bits per heavy atom. The normalized spacial score (nSPS) is 12.2. The summed E-state index contributed by atoms with van der Waals surface area (Å²) in [4.78, 5) is 0. The van der Waals surface area contributed by atoms with Gasteiger partial charge < -0.3 is 4.74 Å². The van der Waals surface area contributed by atoms with E-state index in [0.717, 1.165) is 27.2 Å². The lowest BCUT2D eigenvalue weighted by Crippen LogP contribution is -1.96. The van der Waals surface area contributed by atoms with E-state index in [1.807, 2.05) is 30.3 Å². The molecule has 0 spiro atoms. The van der Waals surface area contributed by atoms with E-state index in [4.69, 9.17) is 27.9 Å². The average Bonchev–Trinajstić information content (AvgIpc) is 2.44. The Morgan fingerprint density at radius 3 is 2.55 bits per heavy atom. The fraction of sp³-hybridized carbons (Fsp3) is 0.250. The van der Waals surface area contributed by atoms with E-state index >= 15 is 0 Å². The fourth-order valence-electron chi connectivity index (χ4n) is 1.88. The molecule has 0 bridgehead atoms. The van der Waals surface area contributed by atoms with Crippen LogP contribution in [0.3, 0.4) is 0 Å². The fourth-order valence-corrected chi connectivity index (χ4v) is 2.48. The van der Waals surface area contributed by atoms with Crippen LogP contribution in [0.5, 0.6) is 11.5 Å². The second-order valence-corrected chi connectivity index (χ2v) is 6.37. The quantitative estimate of drug-likeness (QED) is 0.557. The maximum Gasteiger partial charge on any atom is 0.130 e. The van der Waals surface area contributed by atoms with Gasteiger partial charge in [-0.25, -0.2) is 0 Å². The number of hydrogen-bond acceptors (Lipinski definition) is 1. The average molecular weight is 374 g/mol. The van der Waals surface area contributed by atoms with Crippen LogP contribution in [0.2, 0.25) is 10.0 Å². The molecule has 1 atom stereocenters. The Kier molecular flexibility index (Phi) is 5.36. The summed E-state index contributed by atoms with van der Waals surface area (Å²) in [5.74, 6) is 1.92. The molecule has 2 rings (SSSR count). The molecule has 2 aromatic carbocycles. The Labute approximate surface area is 138 Å². The van der Waals surface area contributed by atoms with Crippen LogP contribution < -0.4 is 4.74 Å². The van der Waals surface area contributed by atoms with Crippen molar-refractivity contribution in [2.45, 2.75) is 26.2 Å². The minimum Gasteiger partial charge on any atom is -0.457 e. The van der Waals surface area contributed by atoms with Crippen molar-refractivity contribution in [3.63, 3.8) is 0 Å². The van der Waals surface area contributed by atoms with Gasteiger partial charge in [0.1, 0.15) is 11.5 Å². The van der Waals surface area contributed by atoms with Gasteiger partial charge in [-0.15, -0.1) is 0 Å². The van der Waals surface area contributed by atoms with Gasteiger partial charge >= 0.3 is 0 Å². The van der Waals surface area contributed by atoms with Gasteiger partial charge in [-0.2, -0.15) is 0 Å². The highest BCUT2D eigenvalue weighted by atomic mass is 79.9. The molecule has 0 saturated heterocycles. The molecule has 0 aromatic heterocycles. The first kappa shape index (κ1) is 15.7. The molecule has 20 heavy (non-hydrogen) atoms. The van der Waals surface area contributed by atoms with E-state index in [1.165, 1.54) is 0 Å². The van der Waals surface area contributed by atoms with E-state index in [1.54, 1.807) is 6.07 Å². The third kappa shape index (κ3) is 3.69. The molecule has 0 aliphatic carbocycles. The SMILES string of the molecule is CCC(C)c1cc(Cl)ccc1Oc1ccc(Br)c(Cl)c1. The monoisotopic (exact) mass is 372 g/mol. The van der Waals surface area contributed by atoms with Gasteiger partial charge in [0.25, 0.3) is 0 Å². The lowest BCUT2D eigenvalue weighted by atomic mass is 9.98. The van der Waals surface area contributed by atoms with Crippen LogP contribution in [0.1, 0.15) is 31.7 Å². The molecule has 0 saturated carbocycles. The molecule has 0 N–H and O–H groups in total. The van der Waals surface area contributed by atoms with Crippen LogP contribution in [0.25, 0.3) is 0 Å². The van der Waals surface area contributed by atoms with Crippen LogP contribution >= 0.6 is 39.1 Å². The van der Waals surface area contributed by atoms with E-state index in [9.17, 15) is 0 Å². The Bertz CT molecular complexity index is 613. The van der Waals surface area contributed by atoms with Crippen molar-refractivity contribution < 1.29 is 4.74 Å². The zero-order valence-electron chi connectivity index (χ0n) is 11.3. The molecule has 0 amide bonds. The number of benzene rings is 2. The number of ether oxygens (including phenoxy) is 1. The summed E-state index contributed by atoms with van der Waals surface area (Å²) in [7, 11) is 0. The van der Waals surface area contributed by atoms with Crippen molar-refractivity contribution in [2.75, 3.05) is 0 Å². The largest absolute Gasteiger partial charge is 0.457 e. The summed E-state index contributed by atoms with van der Waals surface area (Å²) < 4.78 is 6.81. The first-order valence-corrected chi connectivity index (χ1v) is 7.98. The van der Waals surface area contributed by atoms with Gasteiger partial charge in [-0.3, -0.25) is 0 Å². The predicted octanol–water partition coefficient (Wildman–Crippen LogP) is 7.06. The van der Waals surface area contributed by atoms with Crippen molar-refractivity contribution >= 4 is 39.1 Å². The number of rotatable bonds is 4. The van der Waals surface area contributed by atoms with E-state index < -0.39 is 0 Å². The number of halogens is 3. The molecule has 1 nitrogen and oxygen atoms in total. The maximum atomic E-state index is 6.09. The molecule has 1 unspecified atom stereocenters. The summed E-state index contributed by atoms with van der Waals surface area (Å²) >= 11 is 15.5. The minimum atomic E-state index is 0.384. The van der Waals surface area contributed by atoms with Gasteiger partial charge in [0.05, 0.1) is 5.02 Å². The molecule has 0 fully saturated rings. The molecule has 106 valence electrons. The van der Waals surface area contributed by atoms with Crippen molar-refractivity contribution in [1.29, 1.82) is 0 Å². The second kappa shape index (κ2) is 6.84. The summed E-state index contributed by atoms with van der Waals surface area (Å²) in [5.41, 5.74) is 1.11. The lowest BCUT2D eigenvalue weighted by Gasteiger charge is -2.16. The van der Waals surface area contributed by atoms with E-state index in [2.05, 4.69) is 29.8 Å².